The molecule has 2 aliphatic rings. The number of piperazine rings is 1. The van der Waals surface area contributed by atoms with Crippen LogP contribution in [-0.2, 0) is 0 Å². The monoisotopic (exact) mass is 453 g/mol. The van der Waals surface area contributed by atoms with Crippen LogP contribution in [0.25, 0.3) is 33.3 Å². The summed E-state index contributed by atoms with van der Waals surface area (Å²) in [6.45, 7) is 5.51. The van der Waals surface area contributed by atoms with Crippen molar-refractivity contribution >= 4 is 16.6 Å². The lowest BCUT2D eigenvalue weighted by Crippen LogP contribution is -2.56. The highest BCUT2D eigenvalue weighted by atomic mass is 19.1. The molecule has 34 heavy (non-hydrogen) atoms. The highest BCUT2D eigenvalue weighted by Gasteiger charge is 2.32. The predicted molar refractivity (Wildman–Crippen MR) is 131 cm³/mol. The maximum absolute atomic E-state index is 14.8. The van der Waals surface area contributed by atoms with Gasteiger partial charge in [0.25, 0.3) is 0 Å². The lowest BCUT2D eigenvalue weighted by molar-refractivity contribution is 0.188. The Bertz CT molecular complexity index is 1450. The summed E-state index contributed by atoms with van der Waals surface area (Å²) in [7, 11) is 2.15. The number of nitrogens with one attached hydrogen (secondary N) is 1. The van der Waals surface area contributed by atoms with Gasteiger partial charge in [-0.25, -0.2) is 4.39 Å². The summed E-state index contributed by atoms with van der Waals surface area (Å²) in [5.41, 5.74) is 5.73. The fourth-order valence-corrected chi connectivity index (χ4v) is 5.23. The number of anilines is 1. The Morgan fingerprint density at radius 1 is 1.18 bits per heavy atom. The molecular formula is C27H24FN5O. The van der Waals surface area contributed by atoms with Gasteiger partial charge in [-0.1, -0.05) is 18.2 Å². The van der Waals surface area contributed by atoms with Crippen molar-refractivity contribution in [1.29, 1.82) is 5.26 Å². The second-order valence-electron chi connectivity index (χ2n) is 9.16. The van der Waals surface area contributed by atoms with Crippen molar-refractivity contribution in [3.05, 3.63) is 65.5 Å². The highest BCUT2D eigenvalue weighted by Crippen LogP contribution is 2.40. The van der Waals surface area contributed by atoms with E-state index in [-0.39, 0.29) is 5.82 Å². The van der Waals surface area contributed by atoms with E-state index in [1.807, 2.05) is 25.1 Å². The number of hydrogen-bond acceptors (Lipinski definition) is 5. The molecule has 0 aliphatic carbocycles. The summed E-state index contributed by atoms with van der Waals surface area (Å²) >= 11 is 0. The van der Waals surface area contributed by atoms with Crippen LogP contribution in [0, 0.1) is 24.1 Å². The quantitative estimate of drug-likeness (QED) is 0.475. The molecule has 3 aromatic carbocycles. The van der Waals surface area contributed by atoms with Crippen LogP contribution in [0.1, 0.15) is 11.1 Å². The van der Waals surface area contributed by atoms with E-state index >= 15 is 0 Å². The third-order valence-electron chi connectivity index (χ3n) is 6.97. The van der Waals surface area contributed by atoms with Crippen LogP contribution in [0.2, 0.25) is 0 Å². The molecule has 6 rings (SSSR count). The summed E-state index contributed by atoms with van der Waals surface area (Å²) in [5, 5.41) is 18.2. The third-order valence-corrected chi connectivity index (χ3v) is 6.97. The average molecular weight is 454 g/mol. The molecule has 1 N–H and O–H groups in total. The standard InChI is InChI=1S/C27H24FN5O/c1-16-4-3-5-22(28)26(16)20-12-21-23(10-18(20)13-29)30-31-27(21)17-6-7-24-25(11-17)34-15-19-14-32(2)8-9-33(19)24/h3-7,10-12,19H,8-9,14-15H2,1-2H3,(H,30,31). The van der Waals surface area contributed by atoms with Gasteiger partial charge in [-0.3, -0.25) is 5.10 Å². The zero-order chi connectivity index (χ0) is 23.4. The van der Waals surface area contributed by atoms with E-state index < -0.39 is 0 Å². The molecule has 0 bridgehead atoms. The topological polar surface area (TPSA) is 68.2 Å². The first-order valence-electron chi connectivity index (χ1n) is 11.4. The Labute approximate surface area is 197 Å². The van der Waals surface area contributed by atoms with Gasteiger partial charge in [0, 0.05) is 41.7 Å². The van der Waals surface area contributed by atoms with E-state index in [1.54, 1.807) is 12.1 Å². The van der Waals surface area contributed by atoms with E-state index in [1.165, 1.54) is 6.07 Å². The number of ether oxygens (including phenoxy) is 1. The van der Waals surface area contributed by atoms with Gasteiger partial charge in [0.05, 0.1) is 28.9 Å². The molecule has 1 atom stereocenters. The number of H-pyrrole nitrogens is 1. The molecule has 6 nitrogen and oxygen atoms in total. The lowest BCUT2D eigenvalue weighted by atomic mass is 9.93. The largest absolute Gasteiger partial charge is 0.489 e. The number of aryl methyl sites for hydroxylation is 1. The summed E-state index contributed by atoms with van der Waals surface area (Å²) in [6.07, 6.45) is 0. The average Bonchev–Trinajstić information content (AvgIpc) is 3.25. The van der Waals surface area contributed by atoms with E-state index in [2.05, 4.69) is 45.2 Å². The number of benzene rings is 3. The Hall–Kier alpha value is -3.89. The minimum absolute atomic E-state index is 0.343. The minimum Gasteiger partial charge on any atom is -0.489 e. The van der Waals surface area contributed by atoms with Gasteiger partial charge in [0.15, 0.2) is 0 Å². The van der Waals surface area contributed by atoms with Gasteiger partial charge >= 0.3 is 0 Å². The number of aromatic amines is 1. The van der Waals surface area contributed by atoms with Crippen LogP contribution in [0.3, 0.4) is 0 Å². The first kappa shape index (κ1) is 20.7. The third kappa shape index (κ3) is 3.22. The van der Waals surface area contributed by atoms with Crippen LogP contribution in [0.4, 0.5) is 10.1 Å². The summed E-state index contributed by atoms with van der Waals surface area (Å²) in [6, 6.07) is 17.4. The van der Waals surface area contributed by atoms with Crippen LogP contribution in [-0.4, -0.2) is 54.4 Å². The Balaban J connectivity index is 1.46. The van der Waals surface area contributed by atoms with Gasteiger partial charge in [0.2, 0.25) is 0 Å². The van der Waals surface area contributed by atoms with Gasteiger partial charge in [-0.15, -0.1) is 0 Å². The van der Waals surface area contributed by atoms with E-state index in [0.717, 1.165) is 58.8 Å². The molecule has 1 aromatic heterocycles. The zero-order valence-electron chi connectivity index (χ0n) is 19.1. The van der Waals surface area contributed by atoms with Crippen molar-refractivity contribution in [2.75, 3.05) is 38.2 Å². The van der Waals surface area contributed by atoms with Crippen molar-refractivity contribution in [3.8, 4) is 34.2 Å². The molecule has 3 heterocycles. The van der Waals surface area contributed by atoms with Crippen molar-refractivity contribution in [1.82, 2.24) is 15.1 Å². The van der Waals surface area contributed by atoms with Crippen molar-refractivity contribution in [2.45, 2.75) is 13.0 Å². The normalized spacial score (nSPS) is 17.7. The SMILES string of the molecule is Cc1cccc(F)c1-c1cc2c(-c3ccc4c(c3)OCC3CN(C)CCN43)n[nH]c2cc1C#N. The van der Waals surface area contributed by atoms with Crippen molar-refractivity contribution < 1.29 is 9.13 Å². The fraction of sp³-hybridized carbons (Fsp3) is 0.259. The van der Waals surface area contributed by atoms with Crippen molar-refractivity contribution in [2.24, 2.45) is 0 Å². The molecule has 2 aliphatic heterocycles. The molecule has 0 saturated carbocycles. The molecule has 7 heteroatoms. The van der Waals surface area contributed by atoms with Crippen LogP contribution < -0.4 is 9.64 Å². The first-order chi connectivity index (χ1) is 16.5. The Morgan fingerprint density at radius 2 is 2.06 bits per heavy atom. The number of nitriles is 1. The number of rotatable bonds is 2. The summed E-state index contributed by atoms with van der Waals surface area (Å²) in [5.74, 6) is 0.512. The number of likely N-dealkylation sites (N-methyl/N-ethyl adjacent to an activating group) is 1. The van der Waals surface area contributed by atoms with Crippen LogP contribution in [0.5, 0.6) is 5.75 Å². The van der Waals surface area contributed by atoms with Gasteiger partial charge in [0.1, 0.15) is 23.9 Å². The van der Waals surface area contributed by atoms with Gasteiger partial charge in [-0.2, -0.15) is 10.4 Å². The van der Waals surface area contributed by atoms with Crippen LogP contribution in [0.15, 0.2) is 48.5 Å². The maximum Gasteiger partial charge on any atom is 0.143 e. The summed E-state index contributed by atoms with van der Waals surface area (Å²) < 4.78 is 20.9. The number of hydrogen-bond donors (Lipinski definition) is 1. The maximum atomic E-state index is 14.8. The Morgan fingerprint density at radius 3 is 2.88 bits per heavy atom. The molecule has 170 valence electrons. The molecule has 0 amide bonds. The predicted octanol–water partition coefficient (Wildman–Crippen LogP) is 4.73. The highest BCUT2D eigenvalue weighted by molar-refractivity contribution is 5.98. The van der Waals surface area contributed by atoms with Gasteiger partial charge in [-0.05, 0) is 49.9 Å². The molecule has 0 spiro atoms. The second-order valence-corrected chi connectivity index (χ2v) is 9.16. The molecule has 4 aromatic rings. The number of fused-ring (bicyclic) bond motifs is 4. The minimum atomic E-state index is -0.343. The fourth-order valence-electron chi connectivity index (χ4n) is 5.23. The van der Waals surface area contributed by atoms with Crippen LogP contribution >= 0.6 is 0 Å². The zero-order valence-corrected chi connectivity index (χ0v) is 19.1. The van der Waals surface area contributed by atoms with Gasteiger partial charge < -0.3 is 14.5 Å². The number of aromatic nitrogens is 2. The van der Waals surface area contributed by atoms with Crippen molar-refractivity contribution in [3.63, 3.8) is 0 Å². The molecule has 1 saturated heterocycles. The number of halogens is 1. The first-order valence-corrected chi connectivity index (χ1v) is 11.4. The Kier molecular flexibility index (Phi) is 4.78. The number of nitrogens with zero attached hydrogens (tertiary/aromatic N) is 4. The lowest BCUT2D eigenvalue weighted by Gasteiger charge is -2.44. The molecular weight excluding hydrogens is 429 g/mol. The smallest absolute Gasteiger partial charge is 0.143 e. The molecule has 1 unspecified atom stereocenters. The molecule has 0 radical (unpaired) electrons. The second kappa shape index (κ2) is 7.86. The summed E-state index contributed by atoms with van der Waals surface area (Å²) in [4.78, 5) is 4.77. The van der Waals surface area contributed by atoms with E-state index in [9.17, 15) is 9.65 Å². The van der Waals surface area contributed by atoms with E-state index in [0.29, 0.717) is 29.3 Å². The van der Waals surface area contributed by atoms with E-state index in [4.69, 9.17) is 4.74 Å². The molecule has 1 fully saturated rings.